The summed E-state index contributed by atoms with van der Waals surface area (Å²) in [4.78, 5) is 36.1. The Morgan fingerprint density at radius 2 is 1.42 bits per heavy atom. The van der Waals surface area contributed by atoms with Gasteiger partial charge >= 0.3 is 0 Å². The summed E-state index contributed by atoms with van der Waals surface area (Å²) < 4.78 is 5.66. The maximum atomic E-state index is 12.2. The van der Waals surface area contributed by atoms with E-state index in [-0.39, 0.29) is 18.6 Å². The Morgan fingerprint density at radius 1 is 0.742 bits per heavy atom. The molecule has 0 aliphatic rings. The molecule has 0 radical (unpaired) electrons. The third-order valence-electron chi connectivity index (χ3n) is 4.43. The zero-order valence-electron chi connectivity index (χ0n) is 16.6. The van der Waals surface area contributed by atoms with E-state index in [1.165, 1.54) is 0 Å². The van der Waals surface area contributed by atoms with E-state index in [1.807, 2.05) is 6.07 Å². The molecule has 0 heterocycles. The third kappa shape index (κ3) is 6.97. The topological polar surface area (TPSA) is 84.5 Å². The molecule has 31 heavy (non-hydrogen) atoms. The fourth-order valence-corrected chi connectivity index (χ4v) is 2.83. The number of hydrogen-bond acceptors (Lipinski definition) is 4. The Hall–Kier alpha value is -3.64. The summed E-state index contributed by atoms with van der Waals surface area (Å²) in [6.45, 7) is 0.343. The van der Waals surface area contributed by atoms with Gasteiger partial charge in [0, 0.05) is 29.0 Å². The second kappa shape index (κ2) is 10.9. The lowest BCUT2D eigenvalue weighted by molar-refractivity contribution is -0.121. The molecule has 0 bridgehead atoms. The van der Waals surface area contributed by atoms with Crippen LogP contribution >= 0.6 is 11.6 Å². The van der Waals surface area contributed by atoms with Gasteiger partial charge in [0.05, 0.1) is 0 Å². The van der Waals surface area contributed by atoms with Gasteiger partial charge in [0.25, 0.3) is 5.91 Å². The second-order valence-corrected chi connectivity index (χ2v) is 7.17. The van der Waals surface area contributed by atoms with Crippen molar-refractivity contribution >= 4 is 29.2 Å². The average Bonchev–Trinajstić information content (AvgIpc) is 2.81. The number of rotatable bonds is 8. The van der Waals surface area contributed by atoms with Crippen molar-refractivity contribution in [2.75, 3.05) is 0 Å². The maximum Gasteiger partial charge on any atom is 0.269 e. The number of carbonyl (C=O) groups is 3. The molecule has 0 saturated carbocycles. The lowest BCUT2D eigenvalue weighted by Crippen LogP contribution is -2.41. The first kappa shape index (κ1) is 22.1. The van der Waals surface area contributed by atoms with E-state index in [4.69, 9.17) is 16.3 Å². The molecular formula is C24H21ClN2O4. The van der Waals surface area contributed by atoms with Crippen LogP contribution in [0.5, 0.6) is 5.75 Å². The van der Waals surface area contributed by atoms with Crippen molar-refractivity contribution in [3.05, 3.63) is 101 Å². The standard InChI is InChI=1S/C24H21ClN2O4/c25-20-10-12-21(13-11-20)31-16-17-6-8-19(9-7-17)24(30)27-26-23(29)15-14-22(28)18-4-2-1-3-5-18/h1-13H,14-16H2,(H,26,29)(H,27,30). The summed E-state index contributed by atoms with van der Waals surface area (Å²) in [6.07, 6.45) is 0.0447. The summed E-state index contributed by atoms with van der Waals surface area (Å²) >= 11 is 5.84. The second-order valence-electron chi connectivity index (χ2n) is 6.73. The molecule has 0 aliphatic heterocycles. The molecule has 158 valence electrons. The molecule has 6 nitrogen and oxygen atoms in total. The van der Waals surface area contributed by atoms with Gasteiger partial charge in [-0.2, -0.15) is 0 Å². The van der Waals surface area contributed by atoms with E-state index >= 15 is 0 Å². The highest BCUT2D eigenvalue weighted by molar-refractivity contribution is 6.30. The van der Waals surface area contributed by atoms with Gasteiger partial charge < -0.3 is 4.74 Å². The maximum absolute atomic E-state index is 12.2. The quantitative estimate of drug-likeness (QED) is 0.406. The van der Waals surface area contributed by atoms with Crippen LogP contribution in [0.1, 0.15) is 39.1 Å². The molecule has 0 aromatic heterocycles. The molecule has 3 aromatic rings. The first-order chi connectivity index (χ1) is 15.0. The molecular weight excluding hydrogens is 416 g/mol. The van der Waals surface area contributed by atoms with Crippen LogP contribution < -0.4 is 15.6 Å². The summed E-state index contributed by atoms with van der Waals surface area (Å²) in [5.74, 6) is -0.323. The molecule has 0 fully saturated rings. The van der Waals surface area contributed by atoms with Gasteiger partial charge in [0.1, 0.15) is 12.4 Å². The number of hydrazine groups is 1. The number of halogens is 1. The van der Waals surface area contributed by atoms with Crippen LogP contribution in [0.2, 0.25) is 5.02 Å². The predicted molar refractivity (Wildman–Crippen MR) is 118 cm³/mol. The van der Waals surface area contributed by atoms with Crippen molar-refractivity contribution in [3.8, 4) is 5.75 Å². The van der Waals surface area contributed by atoms with E-state index < -0.39 is 11.8 Å². The van der Waals surface area contributed by atoms with Crippen molar-refractivity contribution < 1.29 is 19.1 Å². The number of amides is 2. The Kier molecular flexibility index (Phi) is 7.79. The first-order valence-corrected chi connectivity index (χ1v) is 10.0. The smallest absolute Gasteiger partial charge is 0.269 e. The molecule has 3 rings (SSSR count). The molecule has 0 aliphatic carbocycles. The van der Waals surface area contributed by atoms with Crippen LogP contribution in [-0.2, 0) is 11.4 Å². The molecule has 7 heteroatoms. The molecule has 0 unspecified atom stereocenters. The van der Waals surface area contributed by atoms with Gasteiger partial charge in [-0.15, -0.1) is 0 Å². The van der Waals surface area contributed by atoms with E-state index in [0.29, 0.717) is 28.5 Å². The molecule has 0 spiro atoms. The van der Waals surface area contributed by atoms with Crippen molar-refractivity contribution in [1.82, 2.24) is 10.9 Å². The van der Waals surface area contributed by atoms with E-state index in [0.717, 1.165) is 5.56 Å². The zero-order valence-corrected chi connectivity index (χ0v) is 17.4. The largest absolute Gasteiger partial charge is 0.489 e. The van der Waals surface area contributed by atoms with Crippen molar-refractivity contribution in [3.63, 3.8) is 0 Å². The summed E-state index contributed by atoms with van der Waals surface area (Å²) in [5, 5.41) is 0.637. The molecule has 2 amide bonds. The van der Waals surface area contributed by atoms with Crippen molar-refractivity contribution in [2.24, 2.45) is 0 Å². The number of ether oxygens (including phenoxy) is 1. The summed E-state index contributed by atoms with van der Waals surface area (Å²) in [6, 6.07) is 22.6. The number of carbonyl (C=O) groups excluding carboxylic acids is 3. The van der Waals surface area contributed by atoms with Crippen molar-refractivity contribution in [1.29, 1.82) is 0 Å². The van der Waals surface area contributed by atoms with Crippen LogP contribution in [0.15, 0.2) is 78.9 Å². The highest BCUT2D eigenvalue weighted by atomic mass is 35.5. The molecule has 0 atom stereocenters. The minimum Gasteiger partial charge on any atom is -0.489 e. The Labute approximate surface area is 185 Å². The van der Waals surface area contributed by atoms with Gasteiger partial charge in [0.2, 0.25) is 5.91 Å². The van der Waals surface area contributed by atoms with Crippen LogP contribution in [0.4, 0.5) is 0 Å². The Morgan fingerprint density at radius 3 is 2.10 bits per heavy atom. The Bertz CT molecular complexity index is 1040. The van der Waals surface area contributed by atoms with E-state index in [9.17, 15) is 14.4 Å². The predicted octanol–water partition coefficient (Wildman–Crippen LogP) is 4.34. The van der Waals surface area contributed by atoms with E-state index in [2.05, 4.69) is 10.9 Å². The number of ketones is 1. The highest BCUT2D eigenvalue weighted by Gasteiger charge is 2.11. The van der Waals surface area contributed by atoms with Gasteiger partial charge in [-0.1, -0.05) is 54.1 Å². The lowest BCUT2D eigenvalue weighted by atomic mass is 10.1. The summed E-state index contributed by atoms with van der Waals surface area (Å²) in [5.41, 5.74) is 6.50. The first-order valence-electron chi connectivity index (χ1n) is 9.66. The van der Waals surface area contributed by atoms with Crippen LogP contribution in [0.3, 0.4) is 0 Å². The van der Waals surface area contributed by atoms with Crippen LogP contribution in [0.25, 0.3) is 0 Å². The number of benzene rings is 3. The minimum atomic E-state index is -0.451. The number of nitrogens with one attached hydrogen (secondary N) is 2. The lowest BCUT2D eigenvalue weighted by Gasteiger charge is -2.09. The molecule has 0 saturated heterocycles. The van der Waals surface area contributed by atoms with Crippen LogP contribution in [-0.4, -0.2) is 17.6 Å². The van der Waals surface area contributed by atoms with E-state index in [1.54, 1.807) is 72.8 Å². The third-order valence-corrected chi connectivity index (χ3v) is 4.68. The average molecular weight is 437 g/mol. The summed E-state index contributed by atoms with van der Waals surface area (Å²) in [7, 11) is 0. The SMILES string of the molecule is O=C(CCC(=O)c1ccccc1)NNC(=O)c1ccc(COc2ccc(Cl)cc2)cc1. The highest BCUT2D eigenvalue weighted by Crippen LogP contribution is 2.17. The van der Waals surface area contributed by atoms with Gasteiger partial charge in [-0.05, 0) is 42.0 Å². The molecule has 2 N–H and O–H groups in total. The Balaban J connectivity index is 1.41. The zero-order chi connectivity index (χ0) is 22.1. The normalized spacial score (nSPS) is 10.2. The van der Waals surface area contributed by atoms with Crippen molar-refractivity contribution in [2.45, 2.75) is 19.4 Å². The fourth-order valence-electron chi connectivity index (χ4n) is 2.71. The van der Waals surface area contributed by atoms with Crippen LogP contribution in [0, 0.1) is 0 Å². The van der Waals surface area contributed by atoms with Gasteiger partial charge in [-0.25, -0.2) is 0 Å². The fraction of sp³-hybridized carbons (Fsp3) is 0.125. The van der Waals surface area contributed by atoms with Gasteiger partial charge in [0.15, 0.2) is 5.78 Å². The molecule has 3 aromatic carbocycles. The number of hydrogen-bond donors (Lipinski definition) is 2. The monoisotopic (exact) mass is 436 g/mol. The minimum absolute atomic E-state index is 0.0189. The van der Waals surface area contributed by atoms with Gasteiger partial charge in [-0.3, -0.25) is 25.2 Å². The number of Topliss-reactive ketones (excluding diaryl/α,β-unsaturated/α-hetero) is 1.